The summed E-state index contributed by atoms with van der Waals surface area (Å²) >= 11 is 0. The van der Waals surface area contributed by atoms with Crippen molar-refractivity contribution in [2.75, 3.05) is 26.2 Å². The molecule has 0 spiro atoms. The third-order valence-electron chi connectivity index (χ3n) is 7.10. The van der Waals surface area contributed by atoms with E-state index in [1.807, 2.05) is 41.3 Å². The van der Waals surface area contributed by atoms with E-state index in [0.717, 1.165) is 42.7 Å². The molecule has 2 aromatic carbocycles. The van der Waals surface area contributed by atoms with Crippen molar-refractivity contribution in [3.05, 3.63) is 65.2 Å². The molecule has 1 aliphatic carbocycles. The third-order valence-corrected chi connectivity index (χ3v) is 7.10. The van der Waals surface area contributed by atoms with Gasteiger partial charge in [0.15, 0.2) is 0 Å². The average Bonchev–Trinajstić information content (AvgIpc) is 3.57. The molecule has 5 rings (SSSR count). The van der Waals surface area contributed by atoms with Crippen LogP contribution in [0.5, 0.6) is 5.75 Å². The van der Waals surface area contributed by atoms with Gasteiger partial charge in [0, 0.05) is 38.3 Å². The Kier molecular flexibility index (Phi) is 8.02. The maximum atomic E-state index is 12.8. The Labute approximate surface area is 205 Å². The van der Waals surface area contributed by atoms with Crippen LogP contribution in [-0.4, -0.2) is 64.1 Å². The zero-order valence-electron chi connectivity index (χ0n) is 19.8. The van der Waals surface area contributed by atoms with E-state index in [0.29, 0.717) is 13.1 Å². The van der Waals surface area contributed by atoms with Crippen LogP contribution in [0.3, 0.4) is 0 Å². The minimum absolute atomic E-state index is 0.0901. The first kappa shape index (κ1) is 24.7. The Morgan fingerprint density at radius 3 is 1.97 bits per heavy atom. The Morgan fingerprint density at radius 2 is 1.43 bits per heavy atom. The molecule has 1 saturated carbocycles. The smallest absolute Gasteiger partial charge is 0.414 e. The van der Waals surface area contributed by atoms with E-state index < -0.39 is 11.9 Å². The fourth-order valence-corrected chi connectivity index (χ4v) is 5.35. The minimum Gasteiger partial charge on any atom is -0.494 e. The predicted molar refractivity (Wildman–Crippen MR) is 129 cm³/mol. The predicted octanol–water partition coefficient (Wildman–Crippen LogP) is 3.50. The van der Waals surface area contributed by atoms with E-state index in [4.69, 9.17) is 24.5 Å². The molecular weight excluding hydrogens is 448 g/mol. The highest BCUT2D eigenvalue weighted by Crippen LogP contribution is 2.37. The Hall–Kier alpha value is -3.39. The topological polar surface area (TPSA) is 107 Å². The maximum Gasteiger partial charge on any atom is 0.414 e. The molecule has 186 valence electrons. The quantitative estimate of drug-likeness (QED) is 0.481. The number of carbonyl (C=O) groups is 3. The number of carbonyl (C=O) groups excluding carboxylic acids is 1. The van der Waals surface area contributed by atoms with Crippen LogP contribution in [0.4, 0.5) is 0 Å². The standard InChI is InChI=1S/C25H30N2O2.C2H2O4/c28-25(27-17-22-5-1-2-6-23(22)18-27)19-9-11-24(12-10-19)29-14-4-13-26-15-20-7-3-8-21(20)16-26;3-1(4)2(5)6/h1-2,5-6,9-12,20-21H,3-4,7-8,13-18H2;(H,3,4)(H,5,6). The molecule has 2 heterocycles. The number of nitrogens with zero attached hydrogens (tertiary/aromatic N) is 2. The second-order valence-corrected chi connectivity index (χ2v) is 9.48. The molecule has 2 aliphatic heterocycles. The number of likely N-dealkylation sites (tertiary alicyclic amines) is 1. The lowest BCUT2D eigenvalue weighted by Crippen LogP contribution is -2.25. The van der Waals surface area contributed by atoms with Crippen LogP contribution in [0, 0.1) is 11.8 Å². The highest BCUT2D eigenvalue weighted by Gasteiger charge is 2.35. The molecular formula is C27H32N2O6. The number of carboxylic acid groups (broad SMARTS) is 2. The van der Waals surface area contributed by atoms with E-state index in [1.165, 1.54) is 43.5 Å². The minimum atomic E-state index is -1.82. The van der Waals surface area contributed by atoms with Crippen molar-refractivity contribution in [1.29, 1.82) is 0 Å². The van der Waals surface area contributed by atoms with Crippen LogP contribution in [0.1, 0.15) is 47.2 Å². The second kappa shape index (κ2) is 11.4. The van der Waals surface area contributed by atoms with Crippen LogP contribution in [-0.2, 0) is 22.7 Å². The molecule has 8 heteroatoms. The highest BCUT2D eigenvalue weighted by molar-refractivity contribution is 6.27. The number of rotatable bonds is 6. The lowest BCUT2D eigenvalue weighted by molar-refractivity contribution is -0.159. The van der Waals surface area contributed by atoms with Crippen LogP contribution in [0.15, 0.2) is 48.5 Å². The number of aliphatic carboxylic acids is 2. The molecule has 2 unspecified atom stereocenters. The van der Waals surface area contributed by atoms with Gasteiger partial charge in [0.1, 0.15) is 5.75 Å². The summed E-state index contributed by atoms with van der Waals surface area (Å²) in [6, 6.07) is 15.9. The summed E-state index contributed by atoms with van der Waals surface area (Å²) in [6.07, 6.45) is 5.38. The van der Waals surface area contributed by atoms with Crippen molar-refractivity contribution in [2.24, 2.45) is 11.8 Å². The van der Waals surface area contributed by atoms with Gasteiger partial charge in [0.2, 0.25) is 0 Å². The zero-order valence-corrected chi connectivity index (χ0v) is 19.8. The second-order valence-electron chi connectivity index (χ2n) is 9.48. The van der Waals surface area contributed by atoms with Crippen LogP contribution < -0.4 is 4.74 Å². The van der Waals surface area contributed by atoms with E-state index in [-0.39, 0.29) is 5.91 Å². The lowest BCUT2D eigenvalue weighted by atomic mass is 10.0. The van der Waals surface area contributed by atoms with Gasteiger partial charge < -0.3 is 24.7 Å². The number of hydrogen-bond donors (Lipinski definition) is 2. The number of ether oxygens (including phenoxy) is 1. The first-order chi connectivity index (χ1) is 16.9. The van der Waals surface area contributed by atoms with Gasteiger partial charge in [-0.25, -0.2) is 9.59 Å². The fourth-order valence-electron chi connectivity index (χ4n) is 5.35. The summed E-state index contributed by atoms with van der Waals surface area (Å²) in [5.41, 5.74) is 3.23. The summed E-state index contributed by atoms with van der Waals surface area (Å²) in [4.78, 5) is 35.5. The molecule has 2 fully saturated rings. The maximum absolute atomic E-state index is 12.8. The third kappa shape index (κ3) is 6.39. The molecule has 1 amide bonds. The van der Waals surface area contributed by atoms with Crippen LogP contribution in [0.2, 0.25) is 0 Å². The van der Waals surface area contributed by atoms with Crippen molar-refractivity contribution in [2.45, 2.75) is 38.8 Å². The first-order valence-corrected chi connectivity index (χ1v) is 12.2. The van der Waals surface area contributed by atoms with Gasteiger partial charge in [0.05, 0.1) is 6.61 Å². The van der Waals surface area contributed by atoms with Crippen molar-refractivity contribution < 1.29 is 29.3 Å². The van der Waals surface area contributed by atoms with E-state index >= 15 is 0 Å². The molecule has 1 saturated heterocycles. The van der Waals surface area contributed by atoms with Gasteiger partial charge in [-0.3, -0.25) is 4.79 Å². The van der Waals surface area contributed by atoms with Gasteiger partial charge in [-0.15, -0.1) is 0 Å². The largest absolute Gasteiger partial charge is 0.494 e. The Morgan fingerprint density at radius 1 is 0.857 bits per heavy atom. The molecule has 2 aromatic rings. The number of amides is 1. The van der Waals surface area contributed by atoms with Crippen molar-refractivity contribution in [3.63, 3.8) is 0 Å². The average molecular weight is 481 g/mol. The molecule has 0 bridgehead atoms. The molecule has 8 nitrogen and oxygen atoms in total. The van der Waals surface area contributed by atoms with Crippen LogP contribution >= 0.6 is 0 Å². The van der Waals surface area contributed by atoms with Crippen LogP contribution in [0.25, 0.3) is 0 Å². The van der Waals surface area contributed by atoms with Crippen molar-refractivity contribution in [1.82, 2.24) is 9.80 Å². The van der Waals surface area contributed by atoms with Crippen molar-refractivity contribution >= 4 is 17.8 Å². The molecule has 3 aliphatic rings. The zero-order chi connectivity index (χ0) is 24.8. The number of carboxylic acids is 2. The Bertz CT molecular complexity index is 1000. The molecule has 0 aromatic heterocycles. The summed E-state index contributed by atoms with van der Waals surface area (Å²) in [5.74, 6) is -0.782. The van der Waals surface area contributed by atoms with E-state index in [1.54, 1.807) is 0 Å². The van der Waals surface area contributed by atoms with E-state index in [2.05, 4.69) is 17.0 Å². The normalized spacial score (nSPS) is 20.5. The van der Waals surface area contributed by atoms with Crippen molar-refractivity contribution in [3.8, 4) is 5.75 Å². The summed E-state index contributed by atoms with van der Waals surface area (Å²) < 4.78 is 5.92. The molecule has 0 radical (unpaired) electrons. The van der Waals surface area contributed by atoms with Gasteiger partial charge in [0.25, 0.3) is 5.91 Å². The Balaban J connectivity index is 0.000000431. The lowest BCUT2D eigenvalue weighted by Gasteiger charge is -2.17. The fraction of sp³-hybridized carbons (Fsp3) is 0.444. The SMILES string of the molecule is O=C(O)C(=O)O.O=C(c1ccc(OCCCN2CC3CCCC3C2)cc1)N1Cc2ccccc2C1. The van der Waals surface area contributed by atoms with Gasteiger partial charge in [-0.05, 0) is 66.5 Å². The van der Waals surface area contributed by atoms with Gasteiger partial charge in [-0.1, -0.05) is 30.7 Å². The highest BCUT2D eigenvalue weighted by atomic mass is 16.5. The number of fused-ring (bicyclic) bond motifs is 2. The number of hydrogen-bond acceptors (Lipinski definition) is 5. The summed E-state index contributed by atoms with van der Waals surface area (Å²) in [7, 11) is 0. The summed E-state index contributed by atoms with van der Waals surface area (Å²) in [5, 5.41) is 14.8. The molecule has 2 N–H and O–H groups in total. The van der Waals surface area contributed by atoms with Gasteiger partial charge >= 0.3 is 11.9 Å². The molecule has 2 atom stereocenters. The first-order valence-electron chi connectivity index (χ1n) is 12.2. The summed E-state index contributed by atoms with van der Waals surface area (Å²) in [6.45, 7) is 5.86. The monoisotopic (exact) mass is 480 g/mol. The van der Waals surface area contributed by atoms with E-state index in [9.17, 15) is 4.79 Å². The molecule has 35 heavy (non-hydrogen) atoms. The van der Waals surface area contributed by atoms with Gasteiger partial charge in [-0.2, -0.15) is 0 Å². The number of benzene rings is 2.